The Morgan fingerprint density at radius 1 is 1.39 bits per heavy atom. The van der Waals surface area contributed by atoms with E-state index in [9.17, 15) is 0 Å². The zero-order valence-electron chi connectivity index (χ0n) is 10.5. The van der Waals surface area contributed by atoms with Gasteiger partial charge in [-0.15, -0.1) is 0 Å². The molecule has 3 rings (SSSR count). The van der Waals surface area contributed by atoms with Gasteiger partial charge >= 0.3 is 0 Å². The highest BCUT2D eigenvalue weighted by Gasteiger charge is 2.34. The molecule has 0 atom stereocenters. The fourth-order valence-corrected chi connectivity index (χ4v) is 3.09. The third-order valence-electron chi connectivity index (χ3n) is 4.08. The smallest absolute Gasteiger partial charge is 0.127 e. The van der Waals surface area contributed by atoms with Crippen LogP contribution in [0.25, 0.3) is 11.0 Å². The second-order valence-corrected chi connectivity index (χ2v) is 6.50. The van der Waals surface area contributed by atoms with Crippen molar-refractivity contribution in [2.45, 2.75) is 38.1 Å². The molecule has 0 radical (unpaired) electrons. The zero-order valence-corrected chi connectivity index (χ0v) is 12.1. The van der Waals surface area contributed by atoms with Crippen molar-refractivity contribution in [3.05, 3.63) is 28.5 Å². The van der Waals surface area contributed by atoms with E-state index in [2.05, 4.69) is 38.9 Å². The molecule has 2 aromatic rings. The molecule has 1 aromatic heterocycles. The van der Waals surface area contributed by atoms with E-state index in [-0.39, 0.29) is 5.54 Å². The van der Waals surface area contributed by atoms with E-state index in [0.717, 1.165) is 40.1 Å². The fraction of sp³-hybridized carbons (Fsp3) is 0.500. The summed E-state index contributed by atoms with van der Waals surface area (Å²) in [4.78, 5) is 8.07. The second-order valence-electron chi connectivity index (χ2n) is 5.59. The lowest BCUT2D eigenvalue weighted by Gasteiger charge is -2.34. The Morgan fingerprint density at radius 2 is 2.11 bits per heavy atom. The molecule has 1 aliphatic rings. The van der Waals surface area contributed by atoms with Crippen molar-refractivity contribution in [3.8, 4) is 0 Å². The van der Waals surface area contributed by atoms with Gasteiger partial charge in [-0.2, -0.15) is 0 Å². The summed E-state index contributed by atoms with van der Waals surface area (Å²) in [5.41, 5.74) is 8.33. The summed E-state index contributed by atoms with van der Waals surface area (Å²) >= 11 is 3.48. The van der Waals surface area contributed by atoms with E-state index < -0.39 is 0 Å². The topological polar surface area (TPSA) is 54.7 Å². The number of rotatable bonds is 1. The second kappa shape index (κ2) is 4.35. The Hall–Kier alpha value is -0.870. The number of H-pyrrole nitrogens is 1. The van der Waals surface area contributed by atoms with Gasteiger partial charge in [0.1, 0.15) is 5.82 Å². The molecule has 0 spiro atoms. The lowest BCUT2D eigenvalue weighted by atomic mass is 9.77. The molecule has 96 valence electrons. The van der Waals surface area contributed by atoms with Crippen LogP contribution in [-0.4, -0.2) is 9.97 Å². The number of nitrogens with zero attached hydrogens (tertiary/aromatic N) is 1. The first-order valence-electron chi connectivity index (χ1n) is 6.51. The molecule has 1 heterocycles. The average molecular weight is 308 g/mol. The minimum absolute atomic E-state index is 0.266. The predicted octanol–water partition coefficient (Wildman–Crippen LogP) is 3.69. The lowest BCUT2D eigenvalue weighted by Crippen LogP contribution is -2.41. The van der Waals surface area contributed by atoms with E-state index in [1.807, 2.05) is 12.1 Å². The van der Waals surface area contributed by atoms with Gasteiger partial charge in [0.25, 0.3) is 0 Å². The summed E-state index contributed by atoms with van der Waals surface area (Å²) in [7, 11) is 0. The molecule has 3 nitrogen and oxygen atoms in total. The third-order valence-corrected chi connectivity index (χ3v) is 4.58. The van der Waals surface area contributed by atoms with Crippen molar-refractivity contribution >= 4 is 27.0 Å². The van der Waals surface area contributed by atoms with Crippen LogP contribution in [0.3, 0.4) is 0 Å². The quantitative estimate of drug-likeness (QED) is 0.844. The summed E-state index contributed by atoms with van der Waals surface area (Å²) in [6.45, 7) is 2.30. The van der Waals surface area contributed by atoms with Crippen LogP contribution in [0.5, 0.6) is 0 Å². The molecule has 0 amide bonds. The number of imidazole rings is 1. The molecule has 1 fully saturated rings. The number of nitrogens with two attached hydrogens (primary N) is 1. The molecule has 1 saturated carbocycles. The molecule has 0 saturated heterocycles. The highest BCUT2D eigenvalue weighted by atomic mass is 79.9. The maximum absolute atomic E-state index is 6.54. The van der Waals surface area contributed by atoms with Crippen LogP contribution in [0.2, 0.25) is 0 Å². The van der Waals surface area contributed by atoms with Gasteiger partial charge < -0.3 is 10.7 Å². The number of halogens is 1. The SMILES string of the molecule is CC1CCC(N)(c2nc3ccc(Br)cc3[nH]2)CC1. The van der Waals surface area contributed by atoms with Crippen molar-refractivity contribution in [1.82, 2.24) is 9.97 Å². The van der Waals surface area contributed by atoms with Crippen molar-refractivity contribution < 1.29 is 0 Å². The highest BCUT2D eigenvalue weighted by molar-refractivity contribution is 9.10. The number of nitrogens with one attached hydrogen (secondary N) is 1. The Morgan fingerprint density at radius 3 is 2.83 bits per heavy atom. The third kappa shape index (κ3) is 2.08. The first kappa shape index (κ1) is 12.2. The zero-order chi connectivity index (χ0) is 12.8. The number of fused-ring (bicyclic) bond motifs is 1. The standard InChI is InChI=1S/C14H18BrN3/c1-9-4-6-14(16,7-5-9)13-17-11-3-2-10(15)8-12(11)18-13/h2-3,8-9H,4-7,16H2,1H3,(H,17,18). The Bertz CT molecular complexity index is 567. The minimum Gasteiger partial charge on any atom is -0.340 e. The Balaban J connectivity index is 1.98. The van der Waals surface area contributed by atoms with Gasteiger partial charge in [0.2, 0.25) is 0 Å². The van der Waals surface area contributed by atoms with Crippen molar-refractivity contribution in [1.29, 1.82) is 0 Å². The molecule has 18 heavy (non-hydrogen) atoms. The van der Waals surface area contributed by atoms with Crippen LogP contribution < -0.4 is 5.73 Å². The Labute approximate surface area is 115 Å². The number of hydrogen-bond acceptors (Lipinski definition) is 2. The summed E-state index contributed by atoms with van der Waals surface area (Å²) in [6, 6.07) is 6.09. The molecule has 3 N–H and O–H groups in total. The average Bonchev–Trinajstić information content (AvgIpc) is 2.77. The molecule has 4 heteroatoms. The largest absolute Gasteiger partial charge is 0.340 e. The summed E-state index contributed by atoms with van der Waals surface area (Å²) in [6.07, 6.45) is 4.43. The number of aromatic amines is 1. The van der Waals surface area contributed by atoms with Crippen LogP contribution in [0.15, 0.2) is 22.7 Å². The number of aromatic nitrogens is 2. The number of hydrogen-bond donors (Lipinski definition) is 2. The molecular weight excluding hydrogens is 290 g/mol. The van der Waals surface area contributed by atoms with Gasteiger partial charge in [-0.3, -0.25) is 0 Å². The van der Waals surface area contributed by atoms with Crippen LogP contribution in [-0.2, 0) is 5.54 Å². The maximum Gasteiger partial charge on any atom is 0.127 e. The van der Waals surface area contributed by atoms with E-state index in [1.165, 1.54) is 12.8 Å². The summed E-state index contributed by atoms with van der Waals surface area (Å²) < 4.78 is 1.06. The Kier molecular flexibility index (Phi) is 2.94. The molecular formula is C14H18BrN3. The lowest BCUT2D eigenvalue weighted by molar-refractivity contribution is 0.238. The molecule has 0 bridgehead atoms. The van der Waals surface area contributed by atoms with Gasteiger partial charge in [-0.25, -0.2) is 4.98 Å². The van der Waals surface area contributed by atoms with Crippen molar-refractivity contribution in [2.24, 2.45) is 11.7 Å². The molecule has 1 aromatic carbocycles. The van der Waals surface area contributed by atoms with Gasteiger partial charge in [0.15, 0.2) is 0 Å². The van der Waals surface area contributed by atoms with Crippen LogP contribution in [0.4, 0.5) is 0 Å². The molecule has 1 aliphatic carbocycles. The molecule has 0 aliphatic heterocycles. The first-order chi connectivity index (χ1) is 8.57. The van der Waals surface area contributed by atoms with Gasteiger partial charge in [-0.05, 0) is 49.8 Å². The highest BCUT2D eigenvalue weighted by Crippen LogP contribution is 2.36. The number of benzene rings is 1. The normalized spacial score (nSPS) is 28.7. The van der Waals surface area contributed by atoms with Crippen LogP contribution in [0, 0.1) is 5.92 Å². The van der Waals surface area contributed by atoms with Gasteiger partial charge in [0, 0.05) is 4.47 Å². The van der Waals surface area contributed by atoms with E-state index >= 15 is 0 Å². The van der Waals surface area contributed by atoms with Crippen molar-refractivity contribution in [2.75, 3.05) is 0 Å². The van der Waals surface area contributed by atoms with Gasteiger partial charge in [-0.1, -0.05) is 22.9 Å². The maximum atomic E-state index is 6.54. The van der Waals surface area contributed by atoms with E-state index in [0.29, 0.717) is 0 Å². The van der Waals surface area contributed by atoms with Crippen LogP contribution in [0.1, 0.15) is 38.4 Å². The van der Waals surface area contributed by atoms with Crippen molar-refractivity contribution in [3.63, 3.8) is 0 Å². The summed E-state index contributed by atoms with van der Waals surface area (Å²) in [5.74, 6) is 1.74. The monoisotopic (exact) mass is 307 g/mol. The predicted molar refractivity (Wildman–Crippen MR) is 77.3 cm³/mol. The summed E-state index contributed by atoms with van der Waals surface area (Å²) in [5, 5.41) is 0. The van der Waals surface area contributed by atoms with E-state index in [4.69, 9.17) is 5.73 Å². The van der Waals surface area contributed by atoms with Gasteiger partial charge in [0.05, 0.1) is 16.6 Å². The van der Waals surface area contributed by atoms with E-state index in [1.54, 1.807) is 0 Å². The fourth-order valence-electron chi connectivity index (χ4n) is 2.73. The molecule has 0 unspecified atom stereocenters. The first-order valence-corrected chi connectivity index (χ1v) is 7.31. The minimum atomic E-state index is -0.266. The van der Waals surface area contributed by atoms with Crippen LogP contribution >= 0.6 is 15.9 Å².